The van der Waals surface area contributed by atoms with Gasteiger partial charge in [0.1, 0.15) is 46.0 Å². The Bertz CT molecular complexity index is 3780. The summed E-state index contributed by atoms with van der Waals surface area (Å²) in [5, 5.41) is 3.55. The van der Waals surface area contributed by atoms with Crippen LogP contribution in [0.25, 0.3) is 21.8 Å². The Morgan fingerprint density at radius 3 is 1.59 bits per heavy atom. The number of amides is 2. The van der Waals surface area contributed by atoms with Gasteiger partial charge >= 0.3 is 47.8 Å². The van der Waals surface area contributed by atoms with E-state index in [9.17, 15) is 52.7 Å². The van der Waals surface area contributed by atoms with E-state index in [-0.39, 0.29) is 73.3 Å². The van der Waals surface area contributed by atoms with Gasteiger partial charge < -0.3 is 77.6 Å². The van der Waals surface area contributed by atoms with Crippen LogP contribution in [0, 0.1) is 5.92 Å². The first-order chi connectivity index (χ1) is 45.5. The first kappa shape index (κ1) is 77.5. The number of aromatic nitrogens is 2. The fourth-order valence-corrected chi connectivity index (χ4v) is 8.06. The van der Waals surface area contributed by atoms with Crippen LogP contribution >= 0.6 is 0 Å². The van der Waals surface area contributed by atoms with Gasteiger partial charge in [0.05, 0.1) is 140 Å². The Hall–Kier alpha value is -11.7. The molecule has 512 valence electrons. The Labute approximate surface area is 544 Å². The number of aromatic amines is 1. The van der Waals surface area contributed by atoms with Crippen LogP contribution in [0.4, 0.5) is 17.1 Å². The first-order valence-corrected chi connectivity index (χ1v) is 28.6. The van der Waals surface area contributed by atoms with Crippen molar-refractivity contribution in [3.63, 3.8) is 0 Å². The van der Waals surface area contributed by atoms with Crippen LogP contribution < -0.4 is 57.5 Å². The Morgan fingerprint density at radius 2 is 1.08 bits per heavy atom. The fraction of sp³-hybridized carbons (Fsp3) is 0.333. The van der Waals surface area contributed by atoms with Crippen molar-refractivity contribution in [1.82, 2.24) is 20.8 Å². The van der Waals surface area contributed by atoms with Crippen molar-refractivity contribution in [3.8, 4) is 23.0 Å². The fourth-order valence-electron chi connectivity index (χ4n) is 8.06. The molecule has 0 bridgehead atoms. The van der Waals surface area contributed by atoms with Crippen molar-refractivity contribution >= 4 is 98.4 Å². The number of hydrazine groups is 2. The summed E-state index contributed by atoms with van der Waals surface area (Å²) in [6.07, 6.45) is 2.31. The summed E-state index contributed by atoms with van der Waals surface area (Å²) < 4.78 is 63.3. The molecule has 4 aromatic carbocycles. The highest BCUT2D eigenvalue weighted by Crippen LogP contribution is 2.35. The third-order valence-electron chi connectivity index (χ3n) is 12.5. The third-order valence-corrected chi connectivity index (χ3v) is 12.5. The van der Waals surface area contributed by atoms with E-state index < -0.39 is 65.0 Å². The third kappa shape index (κ3) is 21.2. The highest BCUT2D eigenvalue weighted by Gasteiger charge is 2.30. The van der Waals surface area contributed by atoms with Gasteiger partial charge in [0.2, 0.25) is 5.43 Å². The van der Waals surface area contributed by atoms with Crippen molar-refractivity contribution < 1.29 is 110 Å². The molecule has 0 saturated heterocycles. The summed E-state index contributed by atoms with van der Waals surface area (Å²) in [5.41, 5.74) is 15.3. The van der Waals surface area contributed by atoms with Gasteiger partial charge in [0, 0.05) is 18.1 Å². The number of pyridine rings is 2. The van der Waals surface area contributed by atoms with Crippen LogP contribution in [0.3, 0.4) is 0 Å². The van der Waals surface area contributed by atoms with Crippen molar-refractivity contribution in [1.29, 1.82) is 0 Å². The van der Waals surface area contributed by atoms with Gasteiger partial charge in [-0.05, 0) is 108 Å². The summed E-state index contributed by atoms with van der Waals surface area (Å²) in [6.45, 7) is 11.1. The Balaban J connectivity index is 0.000000315. The number of nitrogen functional groups attached to an aromatic ring is 2. The maximum atomic E-state index is 12.6. The molecule has 2 amide bonds. The van der Waals surface area contributed by atoms with Gasteiger partial charge in [-0.15, -0.1) is 0 Å². The number of methoxy groups -OCH3 is 7. The number of hydrogen-bond donors (Lipinski definition) is 7. The predicted molar refractivity (Wildman–Crippen MR) is 341 cm³/mol. The highest BCUT2D eigenvalue weighted by molar-refractivity contribution is 6.16. The largest absolute Gasteiger partial charge is 0.500 e. The molecule has 0 fully saturated rings. The normalized spacial score (nSPS) is 10.4. The first-order valence-electron chi connectivity index (χ1n) is 28.6. The van der Waals surface area contributed by atoms with Crippen molar-refractivity contribution in [3.05, 3.63) is 128 Å². The molecule has 7 rings (SSSR count). The molecular weight excluding hydrogens is 1250 g/mol. The van der Waals surface area contributed by atoms with E-state index in [4.69, 9.17) is 49.5 Å². The molecule has 32 nitrogen and oxygen atoms in total. The molecular formula is C63H76N8O24. The molecule has 1 aliphatic heterocycles. The van der Waals surface area contributed by atoms with Gasteiger partial charge in [-0.3, -0.25) is 40.3 Å². The molecule has 0 radical (unpaired) electrons. The lowest BCUT2D eigenvalue weighted by Crippen LogP contribution is -2.34. The van der Waals surface area contributed by atoms with Crippen molar-refractivity contribution in [2.75, 3.05) is 112 Å². The molecule has 9 N–H and O–H groups in total. The molecule has 0 atom stereocenters. The lowest BCUT2D eigenvalue weighted by Gasteiger charge is -2.20. The summed E-state index contributed by atoms with van der Waals surface area (Å²) in [6, 6.07) is 17.1. The molecule has 0 aliphatic carbocycles. The van der Waals surface area contributed by atoms with E-state index in [2.05, 4.69) is 49.8 Å². The van der Waals surface area contributed by atoms with Gasteiger partial charge in [0.25, 0.3) is 11.8 Å². The van der Waals surface area contributed by atoms with Crippen LogP contribution in [0.1, 0.15) is 104 Å². The quantitative estimate of drug-likeness (QED) is 0.00416. The van der Waals surface area contributed by atoms with Crippen LogP contribution in [0.5, 0.6) is 23.0 Å². The maximum Gasteiger partial charge on any atom is 0.348 e. The van der Waals surface area contributed by atoms with Crippen molar-refractivity contribution in [2.24, 2.45) is 11.8 Å². The van der Waals surface area contributed by atoms with E-state index in [0.717, 1.165) is 6.26 Å². The molecule has 3 heterocycles. The number of esters is 8. The number of nitrogens with one attached hydrogen (secondary N) is 5. The van der Waals surface area contributed by atoms with E-state index in [1.807, 2.05) is 5.43 Å². The number of benzene rings is 4. The van der Waals surface area contributed by atoms with Crippen LogP contribution in [-0.4, -0.2) is 165 Å². The molecule has 1 aliphatic rings. The predicted octanol–water partition coefficient (Wildman–Crippen LogP) is 5.15. The lowest BCUT2D eigenvalue weighted by atomic mass is 10.0. The van der Waals surface area contributed by atoms with Crippen molar-refractivity contribution in [2.45, 2.75) is 41.5 Å². The molecule has 32 heteroatoms. The van der Waals surface area contributed by atoms with Gasteiger partial charge in [0.15, 0.2) is 11.5 Å². The molecule has 2 aromatic heterocycles. The van der Waals surface area contributed by atoms with Crippen LogP contribution in [-0.2, 0) is 61.8 Å². The van der Waals surface area contributed by atoms with Gasteiger partial charge in [-0.25, -0.2) is 39.6 Å². The van der Waals surface area contributed by atoms with Gasteiger partial charge in [-0.2, -0.15) is 0 Å². The molecule has 6 aromatic rings. The number of nitrogens with two attached hydrogens (primary N) is 2. The highest BCUT2D eigenvalue weighted by atomic mass is 16.6. The van der Waals surface area contributed by atoms with E-state index in [0.29, 0.717) is 79.8 Å². The molecule has 0 unspecified atom stereocenters. The second-order valence-electron chi connectivity index (χ2n) is 18.2. The van der Waals surface area contributed by atoms with E-state index in [1.54, 1.807) is 77.9 Å². The number of ether oxygens (including phenoxy) is 13. The number of carbonyl (C=O) groups excluding carboxylic acids is 10. The van der Waals surface area contributed by atoms with Crippen LogP contribution in [0.15, 0.2) is 89.6 Å². The number of H-pyrrole nitrogens is 1. The summed E-state index contributed by atoms with van der Waals surface area (Å²) >= 11 is 0. The lowest BCUT2D eigenvalue weighted by molar-refractivity contribution is -0.161. The zero-order valence-electron chi connectivity index (χ0n) is 54.4. The summed E-state index contributed by atoms with van der Waals surface area (Å²) in [5.74, 6) is -0.194. The number of fused-ring (bicyclic) bond motifs is 1. The maximum absolute atomic E-state index is 12.6. The van der Waals surface area contributed by atoms with E-state index >= 15 is 0 Å². The minimum absolute atomic E-state index is 0.0248. The standard InChI is InChI=1S/C17H23NO7.C15H15NO6.C12H11N5O3.C10H16O5.C9H11NO3/c1-5-24-16(20)12(17(21)25-6-2)10-18-13-9-11(15(19)23-4)7-8-14(13)22-3;1-4-22-15(19)9-7-16-12-10(20-2)6-5-8(14(18)21-3)11(12)13(9)17;1-20-8-3-2-5-9-6(16-17-11(5)18)4-7(12(19)15-13)14-10(8)9;1-4-13-7-8(9(11)14-5-2)10(12)15-6-3;1-12-8-4-3-6(5-7(8)10)9(11)13-2/h7-9,12,18H,5-6,10H2,1-4H3;5-7H,4H2,1-3H3,(H,16,17);2-4,16H,13H2,1H3,(H,15,19)(H,17,18);7H,4-6H2,1-3H3;3-5H,10H2,1-2H3. The smallest absolute Gasteiger partial charge is 0.348 e. The zero-order valence-corrected chi connectivity index (χ0v) is 54.4. The van der Waals surface area contributed by atoms with Gasteiger partial charge in [-0.1, -0.05) is 0 Å². The Morgan fingerprint density at radius 1 is 0.558 bits per heavy atom. The number of nitrogens with zero attached hydrogens (tertiary/aromatic N) is 1. The molecule has 0 saturated carbocycles. The van der Waals surface area contributed by atoms with E-state index in [1.165, 1.54) is 86.3 Å². The minimum Gasteiger partial charge on any atom is -0.500 e. The average molecular weight is 1330 g/mol. The average Bonchev–Trinajstić information content (AvgIpc) is 0.766. The number of anilines is 3. The number of hydrogen-bond acceptors (Lipinski definition) is 29. The topological polar surface area (TPSA) is 437 Å². The minimum atomic E-state index is -1.13. The number of carbonyl (C=O) groups is 10. The second kappa shape index (κ2) is 39.5. The summed E-state index contributed by atoms with van der Waals surface area (Å²) in [7, 11) is 9.71. The van der Waals surface area contributed by atoms with Crippen LogP contribution in [0.2, 0.25) is 0 Å². The molecule has 0 spiro atoms. The number of rotatable bonds is 23. The second-order valence-corrected chi connectivity index (χ2v) is 18.2. The SMILES string of the molecule is CCOC(=O)C(CNc1cc(C(=O)OC)ccc1OC)C(=O)OCC.CCOC(=O)c1c[nH]c2c(OC)ccc(C(=O)OC)c2c1=O.CCOC=C(C(=O)OCC)C(=O)OCC.COC(=O)c1ccc(OC)c(N)c1.COc1ccc2c3c(cc(C(=O)NN)nc13)NNC2=O. The summed E-state index contributed by atoms with van der Waals surface area (Å²) in [4.78, 5) is 136. The molecule has 95 heavy (non-hydrogen) atoms. The monoisotopic (exact) mass is 1330 g/mol. The Kier molecular flexibility index (Phi) is 32.3. The zero-order chi connectivity index (χ0) is 70.9.